The Kier molecular flexibility index (Phi) is 5.74. The molecule has 1 aromatic carbocycles. The average Bonchev–Trinajstić information content (AvgIpc) is 2.97. The van der Waals surface area contributed by atoms with Gasteiger partial charge in [-0.1, -0.05) is 23.7 Å². The molecule has 1 heterocycles. The standard InChI is InChI=1S/C19H20ClN3OS/c1-12(13-6-8-14(20)9-7-13)22-11-18(24)23-19-16(10-21)15-4-2-3-5-17(15)25-19/h6-9,12,22H,2-5,11H2,1H3,(H,23,24)/p+1/t12-/m0/s1. The van der Waals surface area contributed by atoms with Crippen LogP contribution in [-0.2, 0) is 17.6 Å². The summed E-state index contributed by atoms with van der Waals surface area (Å²) in [4.78, 5) is 13.6. The summed E-state index contributed by atoms with van der Waals surface area (Å²) in [5.74, 6) is -0.0732. The molecule has 1 aliphatic rings. The third-order valence-electron chi connectivity index (χ3n) is 4.59. The third kappa shape index (κ3) is 4.21. The van der Waals surface area contributed by atoms with Crippen molar-refractivity contribution in [1.82, 2.24) is 0 Å². The van der Waals surface area contributed by atoms with Crippen LogP contribution in [0.25, 0.3) is 0 Å². The second-order valence-electron chi connectivity index (χ2n) is 6.36. The molecule has 0 unspecified atom stereocenters. The molecular formula is C19H21ClN3OS+. The summed E-state index contributed by atoms with van der Waals surface area (Å²) < 4.78 is 0. The van der Waals surface area contributed by atoms with E-state index in [-0.39, 0.29) is 11.9 Å². The Morgan fingerprint density at radius 3 is 2.80 bits per heavy atom. The van der Waals surface area contributed by atoms with Crippen molar-refractivity contribution in [3.63, 3.8) is 0 Å². The van der Waals surface area contributed by atoms with Crippen LogP contribution in [0.3, 0.4) is 0 Å². The molecule has 1 aliphatic carbocycles. The Hall–Kier alpha value is -1.87. The zero-order chi connectivity index (χ0) is 17.8. The van der Waals surface area contributed by atoms with Crippen molar-refractivity contribution in [2.45, 2.75) is 38.6 Å². The summed E-state index contributed by atoms with van der Waals surface area (Å²) in [5, 5.41) is 15.8. The van der Waals surface area contributed by atoms with Crippen LogP contribution in [-0.4, -0.2) is 12.5 Å². The highest BCUT2D eigenvalue weighted by Crippen LogP contribution is 2.37. The minimum atomic E-state index is -0.0732. The topological polar surface area (TPSA) is 69.5 Å². The van der Waals surface area contributed by atoms with Crippen molar-refractivity contribution in [2.75, 3.05) is 11.9 Å². The maximum absolute atomic E-state index is 12.3. The number of aryl methyl sites for hydroxylation is 1. The lowest BCUT2D eigenvalue weighted by Gasteiger charge is -2.11. The Bertz CT molecular complexity index is 807. The van der Waals surface area contributed by atoms with Crippen LogP contribution in [0.4, 0.5) is 5.00 Å². The van der Waals surface area contributed by atoms with Gasteiger partial charge in [-0.15, -0.1) is 11.3 Å². The first-order valence-corrected chi connectivity index (χ1v) is 9.71. The lowest BCUT2D eigenvalue weighted by Crippen LogP contribution is -2.86. The molecule has 1 aromatic heterocycles. The monoisotopic (exact) mass is 374 g/mol. The number of benzene rings is 1. The van der Waals surface area contributed by atoms with E-state index in [4.69, 9.17) is 11.6 Å². The molecule has 3 N–H and O–H groups in total. The molecule has 0 saturated heterocycles. The van der Waals surface area contributed by atoms with Crippen molar-refractivity contribution in [3.8, 4) is 6.07 Å². The first kappa shape index (κ1) is 17.9. The molecule has 0 bridgehead atoms. The van der Waals surface area contributed by atoms with Crippen LogP contribution < -0.4 is 10.6 Å². The van der Waals surface area contributed by atoms with E-state index in [1.165, 1.54) is 4.88 Å². The van der Waals surface area contributed by atoms with E-state index in [2.05, 4.69) is 18.3 Å². The van der Waals surface area contributed by atoms with Crippen LogP contribution in [0, 0.1) is 11.3 Å². The number of rotatable bonds is 5. The predicted octanol–water partition coefficient (Wildman–Crippen LogP) is 3.42. The quantitative estimate of drug-likeness (QED) is 0.841. The fourth-order valence-corrected chi connectivity index (χ4v) is 4.52. The Morgan fingerprint density at radius 2 is 2.08 bits per heavy atom. The maximum atomic E-state index is 12.3. The minimum absolute atomic E-state index is 0.0732. The van der Waals surface area contributed by atoms with Crippen molar-refractivity contribution in [1.29, 1.82) is 5.26 Å². The van der Waals surface area contributed by atoms with E-state index in [0.29, 0.717) is 22.1 Å². The molecule has 4 nitrogen and oxygen atoms in total. The van der Waals surface area contributed by atoms with Gasteiger partial charge in [-0.3, -0.25) is 4.79 Å². The number of halogens is 1. The molecule has 6 heteroatoms. The number of carbonyl (C=O) groups excluding carboxylic acids is 1. The summed E-state index contributed by atoms with van der Waals surface area (Å²) in [7, 11) is 0. The summed E-state index contributed by atoms with van der Waals surface area (Å²) >= 11 is 7.47. The fraction of sp³-hybridized carbons (Fsp3) is 0.368. The summed E-state index contributed by atoms with van der Waals surface area (Å²) in [6.07, 6.45) is 4.25. The smallest absolute Gasteiger partial charge is 0.280 e. The van der Waals surface area contributed by atoms with E-state index in [1.807, 2.05) is 29.6 Å². The first-order valence-electron chi connectivity index (χ1n) is 8.51. The van der Waals surface area contributed by atoms with Gasteiger partial charge >= 0.3 is 0 Å². The van der Waals surface area contributed by atoms with Crippen LogP contribution in [0.15, 0.2) is 24.3 Å². The van der Waals surface area contributed by atoms with Gasteiger partial charge in [0.15, 0.2) is 6.54 Å². The molecule has 1 amide bonds. The second-order valence-corrected chi connectivity index (χ2v) is 7.90. The lowest BCUT2D eigenvalue weighted by molar-refractivity contribution is -0.682. The molecule has 0 saturated carbocycles. The molecule has 1 atom stereocenters. The van der Waals surface area contributed by atoms with E-state index in [0.717, 1.165) is 36.8 Å². The maximum Gasteiger partial charge on any atom is 0.280 e. The summed E-state index contributed by atoms with van der Waals surface area (Å²) in [6.45, 7) is 2.37. The zero-order valence-corrected chi connectivity index (χ0v) is 15.7. The molecule has 0 spiro atoms. The van der Waals surface area contributed by atoms with E-state index in [1.54, 1.807) is 11.3 Å². The molecule has 130 valence electrons. The van der Waals surface area contributed by atoms with Gasteiger partial charge in [0.1, 0.15) is 17.1 Å². The molecule has 3 rings (SSSR count). The van der Waals surface area contributed by atoms with Crippen LogP contribution in [0.2, 0.25) is 5.02 Å². The van der Waals surface area contributed by atoms with Crippen LogP contribution in [0.5, 0.6) is 0 Å². The number of nitriles is 1. The van der Waals surface area contributed by atoms with E-state index >= 15 is 0 Å². The van der Waals surface area contributed by atoms with Gasteiger partial charge in [0, 0.05) is 15.5 Å². The average molecular weight is 375 g/mol. The highest BCUT2D eigenvalue weighted by molar-refractivity contribution is 7.16. The van der Waals surface area contributed by atoms with Gasteiger partial charge in [0.25, 0.3) is 5.91 Å². The number of nitrogens with zero attached hydrogens (tertiary/aromatic N) is 1. The molecule has 0 aliphatic heterocycles. The highest BCUT2D eigenvalue weighted by Gasteiger charge is 2.22. The number of fused-ring (bicyclic) bond motifs is 1. The molecule has 25 heavy (non-hydrogen) atoms. The van der Waals surface area contributed by atoms with Crippen molar-refractivity contribution in [3.05, 3.63) is 50.9 Å². The number of carbonyl (C=O) groups is 1. The van der Waals surface area contributed by atoms with E-state index < -0.39 is 0 Å². The molecular weight excluding hydrogens is 354 g/mol. The van der Waals surface area contributed by atoms with Crippen molar-refractivity contribution < 1.29 is 10.1 Å². The van der Waals surface area contributed by atoms with Gasteiger partial charge in [-0.2, -0.15) is 5.26 Å². The number of thiophene rings is 1. The number of amides is 1. The molecule has 0 fully saturated rings. The van der Waals surface area contributed by atoms with Crippen molar-refractivity contribution in [2.24, 2.45) is 0 Å². The summed E-state index contributed by atoms with van der Waals surface area (Å²) in [6, 6.07) is 10.1. The number of anilines is 1. The van der Waals surface area contributed by atoms with E-state index in [9.17, 15) is 10.1 Å². The Labute approximate surface area is 156 Å². The normalized spacial score (nSPS) is 14.4. The third-order valence-corrected chi connectivity index (χ3v) is 6.05. The number of hydrogen-bond acceptors (Lipinski definition) is 3. The van der Waals surface area contributed by atoms with Crippen LogP contribution >= 0.6 is 22.9 Å². The summed E-state index contributed by atoms with van der Waals surface area (Å²) in [5.41, 5.74) is 2.94. The fourth-order valence-electron chi connectivity index (χ4n) is 3.14. The first-order chi connectivity index (χ1) is 12.1. The Balaban J connectivity index is 1.60. The van der Waals surface area contributed by atoms with Gasteiger partial charge in [0.2, 0.25) is 0 Å². The van der Waals surface area contributed by atoms with Gasteiger partial charge in [-0.05, 0) is 50.3 Å². The number of quaternary nitrogens is 1. The highest BCUT2D eigenvalue weighted by atomic mass is 35.5. The molecule has 2 aromatic rings. The van der Waals surface area contributed by atoms with Gasteiger partial charge in [0.05, 0.1) is 5.56 Å². The SMILES string of the molecule is C[C@H]([NH2+]CC(=O)Nc1sc2c(c1C#N)CCCC2)c1ccc(Cl)cc1. The minimum Gasteiger partial charge on any atom is -0.333 e. The van der Waals surface area contributed by atoms with Gasteiger partial charge in [-0.25, -0.2) is 0 Å². The van der Waals surface area contributed by atoms with Crippen molar-refractivity contribution >= 4 is 33.8 Å². The largest absolute Gasteiger partial charge is 0.333 e. The number of hydrogen-bond donors (Lipinski definition) is 2. The predicted molar refractivity (Wildman–Crippen MR) is 101 cm³/mol. The van der Waals surface area contributed by atoms with Crippen LogP contribution in [0.1, 0.15) is 47.4 Å². The lowest BCUT2D eigenvalue weighted by atomic mass is 9.96. The Morgan fingerprint density at radius 1 is 1.36 bits per heavy atom. The number of nitrogens with two attached hydrogens (primary N) is 1. The number of nitrogens with one attached hydrogen (secondary N) is 1. The molecule has 0 radical (unpaired) electrons. The zero-order valence-electron chi connectivity index (χ0n) is 14.1. The second kappa shape index (κ2) is 8.01. The van der Waals surface area contributed by atoms with Gasteiger partial charge < -0.3 is 10.6 Å².